The number of rotatable bonds is 8. The Kier molecular flexibility index (Phi) is 7.53. The predicted molar refractivity (Wildman–Crippen MR) is 110 cm³/mol. The molecule has 0 unspecified atom stereocenters. The van der Waals surface area contributed by atoms with Crippen LogP contribution in [0.3, 0.4) is 0 Å². The molecule has 0 saturated carbocycles. The Balaban J connectivity index is 2.40. The van der Waals surface area contributed by atoms with Crippen molar-refractivity contribution in [2.75, 3.05) is 10.8 Å². The first-order valence-corrected chi connectivity index (χ1v) is 10.8. The zero-order valence-electron chi connectivity index (χ0n) is 15.2. The zero-order valence-corrected chi connectivity index (χ0v) is 17.5. The molecular formula is C19H22Cl2N2O3S. The van der Waals surface area contributed by atoms with Crippen LogP contribution in [0, 0.1) is 0 Å². The van der Waals surface area contributed by atoms with Gasteiger partial charge in [0.25, 0.3) is 10.0 Å². The van der Waals surface area contributed by atoms with E-state index in [-0.39, 0.29) is 34.1 Å². The highest BCUT2D eigenvalue weighted by molar-refractivity contribution is 7.92. The number of amides is 1. The molecular weight excluding hydrogens is 407 g/mol. The lowest BCUT2D eigenvalue weighted by molar-refractivity contribution is -0.120. The minimum atomic E-state index is -3.96. The number of carbonyl (C=O) groups is 1. The Morgan fingerprint density at radius 2 is 1.78 bits per heavy atom. The molecule has 0 radical (unpaired) electrons. The second-order valence-corrected chi connectivity index (χ2v) is 8.86. The van der Waals surface area contributed by atoms with E-state index in [1.807, 2.05) is 13.8 Å². The Hall–Kier alpha value is -1.76. The highest BCUT2D eigenvalue weighted by Gasteiger charge is 2.27. The Labute approximate surface area is 170 Å². The number of carbonyl (C=O) groups excluding carboxylic acids is 1. The van der Waals surface area contributed by atoms with Gasteiger partial charge < -0.3 is 5.32 Å². The van der Waals surface area contributed by atoms with E-state index >= 15 is 0 Å². The van der Waals surface area contributed by atoms with Gasteiger partial charge in [-0.25, -0.2) is 8.42 Å². The summed E-state index contributed by atoms with van der Waals surface area (Å²) in [5.41, 5.74) is 0.270. The first-order chi connectivity index (χ1) is 12.8. The molecule has 0 aliphatic carbocycles. The average Bonchev–Trinajstić information content (AvgIpc) is 2.63. The van der Waals surface area contributed by atoms with Gasteiger partial charge in [-0.15, -0.1) is 0 Å². The normalized spacial score (nSPS) is 12.4. The average molecular weight is 429 g/mol. The number of sulfonamides is 1. The third-order valence-electron chi connectivity index (χ3n) is 3.94. The minimum absolute atomic E-state index is 0.0439. The van der Waals surface area contributed by atoms with Crippen LogP contribution in [0.15, 0.2) is 53.4 Å². The SMILES string of the molecule is CCC[C@H](C)NC(=O)CN(c1ccc(Cl)c(Cl)c1)S(=O)(=O)c1ccccc1. The molecule has 0 aromatic heterocycles. The maximum Gasteiger partial charge on any atom is 0.264 e. The van der Waals surface area contributed by atoms with Crippen molar-refractivity contribution in [1.29, 1.82) is 0 Å². The Bertz CT molecular complexity index is 889. The summed E-state index contributed by atoms with van der Waals surface area (Å²) in [6.45, 7) is 3.55. The van der Waals surface area contributed by atoms with Crippen LogP contribution in [0.5, 0.6) is 0 Å². The van der Waals surface area contributed by atoms with E-state index in [1.165, 1.54) is 30.3 Å². The molecule has 0 aliphatic heterocycles. The summed E-state index contributed by atoms with van der Waals surface area (Å²) >= 11 is 12.0. The fraction of sp³-hybridized carbons (Fsp3) is 0.316. The van der Waals surface area contributed by atoms with Crippen molar-refractivity contribution in [3.63, 3.8) is 0 Å². The van der Waals surface area contributed by atoms with Crippen LogP contribution in [0.1, 0.15) is 26.7 Å². The fourth-order valence-corrected chi connectivity index (χ4v) is 4.36. The van der Waals surface area contributed by atoms with Gasteiger partial charge in [0.05, 0.1) is 20.6 Å². The van der Waals surface area contributed by atoms with E-state index in [0.717, 1.165) is 17.1 Å². The number of hydrogen-bond donors (Lipinski definition) is 1. The molecule has 2 aromatic rings. The summed E-state index contributed by atoms with van der Waals surface area (Å²) < 4.78 is 27.3. The van der Waals surface area contributed by atoms with E-state index in [0.29, 0.717) is 5.02 Å². The molecule has 0 saturated heterocycles. The van der Waals surface area contributed by atoms with Gasteiger partial charge in [-0.3, -0.25) is 9.10 Å². The number of nitrogens with one attached hydrogen (secondary N) is 1. The monoisotopic (exact) mass is 428 g/mol. The minimum Gasteiger partial charge on any atom is -0.352 e. The van der Waals surface area contributed by atoms with Crippen LogP contribution in [0.4, 0.5) is 5.69 Å². The third-order valence-corrected chi connectivity index (χ3v) is 6.47. The van der Waals surface area contributed by atoms with Crippen LogP contribution in [0.2, 0.25) is 10.0 Å². The van der Waals surface area contributed by atoms with Crippen molar-refractivity contribution in [2.24, 2.45) is 0 Å². The van der Waals surface area contributed by atoms with Crippen molar-refractivity contribution in [1.82, 2.24) is 5.32 Å². The molecule has 0 heterocycles. The van der Waals surface area contributed by atoms with Crippen molar-refractivity contribution in [3.8, 4) is 0 Å². The van der Waals surface area contributed by atoms with Gasteiger partial charge in [-0.2, -0.15) is 0 Å². The highest BCUT2D eigenvalue weighted by Crippen LogP contribution is 2.30. The molecule has 2 rings (SSSR count). The van der Waals surface area contributed by atoms with E-state index in [2.05, 4.69) is 5.32 Å². The van der Waals surface area contributed by atoms with Crippen LogP contribution >= 0.6 is 23.2 Å². The summed E-state index contributed by atoms with van der Waals surface area (Å²) in [6, 6.07) is 12.4. The van der Waals surface area contributed by atoms with E-state index < -0.39 is 10.0 Å². The van der Waals surface area contributed by atoms with Gasteiger partial charge >= 0.3 is 0 Å². The quantitative estimate of drug-likeness (QED) is 0.672. The van der Waals surface area contributed by atoms with Gasteiger partial charge in [0.1, 0.15) is 6.54 Å². The number of anilines is 1. The topological polar surface area (TPSA) is 66.5 Å². The molecule has 0 spiro atoms. The standard InChI is InChI=1S/C19H22Cl2N2O3S/c1-3-7-14(2)22-19(24)13-23(15-10-11-17(20)18(21)12-15)27(25,26)16-8-5-4-6-9-16/h4-6,8-12,14H,3,7,13H2,1-2H3,(H,22,24)/t14-/m0/s1. The van der Waals surface area contributed by atoms with Crippen molar-refractivity contribution in [2.45, 2.75) is 37.6 Å². The molecule has 8 heteroatoms. The molecule has 2 aromatic carbocycles. The fourth-order valence-electron chi connectivity index (χ4n) is 2.63. The number of halogens is 2. The summed E-state index contributed by atoms with van der Waals surface area (Å²) in [5, 5.41) is 3.34. The van der Waals surface area contributed by atoms with Gasteiger partial charge in [-0.05, 0) is 43.7 Å². The smallest absolute Gasteiger partial charge is 0.264 e. The molecule has 27 heavy (non-hydrogen) atoms. The number of hydrogen-bond acceptors (Lipinski definition) is 3. The summed E-state index contributed by atoms with van der Waals surface area (Å²) in [7, 11) is -3.96. The molecule has 1 N–H and O–H groups in total. The highest BCUT2D eigenvalue weighted by atomic mass is 35.5. The molecule has 0 aliphatic rings. The lowest BCUT2D eigenvalue weighted by Gasteiger charge is -2.25. The Morgan fingerprint density at radius 1 is 1.11 bits per heavy atom. The maximum absolute atomic E-state index is 13.1. The lowest BCUT2D eigenvalue weighted by atomic mass is 10.2. The molecule has 146 valence electrons. The summed E-state index contributed by atoms with van der Waals surface area (Å²) in [5.74, 6) is -0.387. The first-order valence-electron chi connectivity index (χ1n) is 8.58. The predicted octanol–water partition coefficient (Wildman–Crippen LogP) is 4.49. The van der Waals surface area contributed by atoms with E-state index in [1.54, 1.807) is 18.2 Å². The van der Waals surface area contributed by atoms with Crippen LogP contribution in [0.25, 0.3) is 0 Å². The second kappa shape index (κ2) is 9.44. The van der Waals surface area contributed by atoms with Crippen LogP contribution in [-0.2, 0) is 14.8 Å². The zero-order chi connectivity index (χ0) is 20.0. The third kappa shape index (κ3) is 5.61. The summed E-state index contributed by atoms with van der Waals surface area (Å²) in [4.78, 5) is 12.6. The molecule has 0 fully saturated rings. The largest absolute Gasteiger partial charge is 0.352 e. The molecule has 1 amide bonds. The van der Waals surface area contributed by atoms with Gasteiger partial charge in [0, 0.05) is 6.04 Å². The molecule has 0 bridgehead atoms. The van der Waals surface area contributed by atoms with Crippen molar-refractivity contribution < 1.29 is 13.2 Å². The van der Waals surface area contributed by atoms with E-state index in [4.69, 9.17) is 23.2 Å². The van der Waals surface area contributed by atoms with Crippen LogP contribution in [-0.4, -0.2) is 26.9 Å². The van der Waals surface area contributed by atoms with Crippen molar-refractivity contribution in [3.05, 3.63) is 58.6 Å². The van der Waals surface area contributed by atoms with Crippen LogP contribution < -0.4 is 9.62 Å². The number of benzene rings is 2. The maximum atomic E-state index is 13.1. The second-order valence-electron chi connectivity index (χ2n) is 6.18. The van der Waals surface area contributed by atoms with Gasteiger partial charge in [0.15, 0.2) is 0 Å². The number of nitrogens with zero attached hydrogens (tertiary/aromatic N) is 1. The first kappa shape index (κ1) is 21.5. The lowest BCUT2D eigenvalue weighted by Crippen LogP contribution is -2.43. The van der Waals surface area contributed by atoms with Gasteiger partial charge in [-0.1, -0.05) is 54.7 Å². The molecule has 5 nitrogen and oxygen atoms in total. The van der Waals surface area contributed by atoms with E-state index in [9.17, 15) is 13.2 Å². The summed E-state index contributed by atoms with van der Waals surface area (Å²) in [6.07, 6.45) is 1.73. The molecule has 1 atom stereocenters. The van der Waals surface area contributed by atoms with Crippen molar-refractivity contribution >= 4 is 44.8 Å². The van der Waals surface area contributed by atoms with Gasteiger partial charge in [0.2, 0.25) is 5.91 Å². The Morgan fingerprint density at radius 3 is 2.37 bits per heavy atom.